The van der Waals surface area contributed by atoms with Gasteiger partial charge in [-0.3, -0.25) is 0 Å². The van der Waals surface area contributed by atoms with Crippen LogP contribution in [0.2, 0.25) is 0 Å². The molecule has 1 heterocycles. The van der Waals surface area contributed by atoms with Crippen LogP contribution in [0.5, 0.6) is 5.75 Å². The first-order valence-corrected chi connectivity index (χ1v) is 7.35. The first kappa shape index (κ1) is 12.7. The summed E-state index contributed by atoms with van der Waals surface area (Å²) in [6.45, 7) is 2.84. The second-order valence-electron chi connectivity index (χ2n) is 3.89. The SMILES string of the molecule is CCCc1ccc(OCc2ccc(Br)s2)cc1. The summed E-state index contributed by atoms with van der Waals surface area (Å²) < 4.78 is 6.88. The molecule has 0 saturated carbocycles. The molecule has 17 heavy (non-hydrogen) atoms. The lowest BCUT2D eigenvalue weighted by atomic mass is 10.1. The lowest BCUT2D eigenvalue weighted by Crippen LogP contribution is -1.93. The van der Waals surface area contributed by atoms with Gasteiger partial charge in [0.25, 0.3) is 0 Å². The Bertz CT molecular complexity index is 461. The molecule has 0 aliphatic heterocycles. The fourth-order valence-electron chi connectivity index (χ4n) is 1.62. The smallest absolute Gasteiger partial charge is 0.122 e. The van der Waals surface area contributed by atoms with Gasteiger partial charge in [-0.05, 0) is 52.2 Å². The third kappa shape index (κ3) is 3.86. The summed E-state index contributed by atoms with van der Waals surface area (Å²) in [4.78, 5) is 1.23. The van der Waals surface area contributed by atoms with Crippen LogP contribution in [0.4, 0.5) is 0 Å². The molecule has 1 aromatic heterocycles. The van der Waals surface area contributed by atoms with Crippen molar-refractivity contribution >= 4 is 27.3 Å². The fourth-order valence-corrected chi connectivity index (χ4v) is 3.02. The zero-order chi connectivity index (χ0) is 12.1. The highest BCUT2D eigenvalue weighted by Gasteiger charge is 1.99. The van der Waals surface area contributed by atoms with E-state index in [9.17, 15) is 0 Å². The van der Waals surface area contributed by atoms with Crippen molar-refractivity contribution in [3.63, 3.8) is 0 Å². The summed E-state index contributed by atoms with van der Waals surface area (Å²) in [7, 11) is 0. The third-order valence-electron chi connectivity index (χ3n) is 2.47. The zero-order valence-electron chi connectivity index (χ0n) is 9.78. The Labute approximate surface area is 115 Å². The van der Waals surface area contributed by atoms with Crippen molar-refractivity contribution in [3.8, 4) is 5.75 Å². The van der Waals surface area contributed by atoms with Crippen LogP contribution in [-0.4, -0.2) is 0 Å². The Hall–Kier alpha value is -0.800. The third-order valence-corrected chi connectivity index (χ3v) is 4.07. The number of rotatable bonds is 5. The maximum atomic E-state index is 5.73. The Kier molecular flexibility index (Phi) is 4.63. The van der Waals surface area contributed by atoms with Crippen LogP contribution < -0.4 is 4.74 Å². The van der Waals surface area contributed by atoms with Crippen LogP contribution in [0.25, 0.3) is 0 Å². The minimum atomic E-state index is 0.642. The molecule has 0 fully saturated rings. The summed E-state index contributed by atoms with van der Waals surface area (Å²) in [6, 6.07) is 12.5. The highest BCUT2D eigenvalue weighted by atomic mass is 79.9. The molecule has 0 radical (unpaired) electrons. The summed E-state index contributed by atoms with van der Waals surface area (Å²) in [5, 5.41) is 0. The molecule has 0 spiro atoms. The van der Waals surface area contributed by atoms with Crippen LogP contribution in [0.15, 0.2) is 40.2 Å². The van der Waals surface area contributed by atoms with Gasteiger partial charge in [-0.25, -0.2) is 0 Å². The van der Waals surface area contributed by atoms with Gasteiger partial charge in [-0.2, -0.15) is 0 Å². The van der Waals surface area contributed by atoms with Gasteiger partial charge in [0.2, 0.25) is 0 Å². The van der Waals surface area contributed by atoms with E-state index in [-0.39, 0.29) is 0 Å². The monoisotopic (exact) mass is 310 g/mol. The van der Waals surface area contributed by atoms with Gasteiger partial charge in [0.15, 0.2) is 0 Å². The first-order valence-electron chi connectivity index (χ1n) is 5.74. The molecule has 0 aliphatic rings. The summed E-state index contributed by atoms with van der Waals surface area (Å²) >= 11 is 5.16. The minimum Gasteiger partial charge on any atom is -0.488 e. The molecular weight excluding hydrogens is 296 g/mol. The Morgan fingerprint density at radius 1 is 1.12 bits per heavy atom. The second kappa shape index (κ2) is 6.22. The van der Waals surface area contributed by atoms with Crippen molar-refractivity contribution in [1.29, 1.82) is 0 Å². The predicted molar refractivity (Wildman–Crippen MR) is 76.8 cm³/mol. The highest BCUT2D eigenvalue weighted by Crippen LogP contribution is 2.23. The summed E-state index contributed by atoms with van der Waals surface area (Å²) in [5.74, 6) is 0.939. The van der Waals surface area contributed by atoms with Gasteiger partial charge in [-0.15, -0.1) is 11.3 Å². The molecule has 2 rings (SSSR count). The van der Waals surface area contributed by atoms with Gasteiger partial charge in [0, 0.05) is 4.88 Å². The molecule has 90 valence electrons. The molecule has 0 bridgehead atoms. The Morgan fingerprint density at radius 2 is 1.88 bits per heavy atom. The van der Waals surface area contributed by atoms with Crippen LogP contribution in [-0.2, 0) is 13.0 Å². The van der Waals surface area contributed by atoms with E-state index in [2.05, 4.69) is 41.1 Å². The van der Waals surface area contributed by atoms with Crippen molar-refractivity contribution in [2.45, 2.75) is 26.4 Å². The second-order valence-corrected chi connectivity index (χ2v) is 6.44. The molecule has 0 atom stereocenters. The van der Waals surface area contributed by atoms with E-state index in [0.717, 1.165) is 16.0 Å². The minimum absolute atomic E-state index is 0.642. The van der Waals surface area contributed by atoms with E-state index in [4.69, 9.17) is 4.74 Å². The van der Waals surface area contributed by atoms with Crippen molar-refractivity contribution < 1.29 is 4.74 Å². The number of halogens is 1. The number of ether oxygens (including phenoxy) is 1. The maximum Gasteiger partial charge on any atom is 0.122 e. The van der Waals surface area contributed by atoms with Crippen LogP contribution in [0.3, 0.4) is 0 Å². The predicted octanol–water partition coefficient (Wildman–Crippen LogP) is 5.04. The van der Waals surface area contributed by atoms with Crippen molar-refractivity contribution in [2.24, 2.45) is 0 Å². The molecule has 0 aliphatic carbocycles. The van der Waals surface area contributed by atoms with E-state index in [1.54, 1.807) is 11.3 Å². The van der Waals surface area contributed by atoms with Crippen LogP contribution >= 0.6 is 27.3 Å². The largest absolute Gasteiger partial charge is 0.488 e. The van der Waals surface area contributed by atoms with Crippen LogP contribution in [0, 0.1) is 0 Å². The van der Waals surface area contributed by atoms with E-state index >= 15 is 0 Å². The average molecular weight is 311 g/mol. The van der Waals surface area contributed by atoms with Gasteiger partial charge in [-0.1, -0.05) is 25.5 Å². The number of aryl methyl sites for hydroxylation is 1. The number of hydrogen-bond donors (Lipinski definition) is 0. The van der Waals surface area contributed by atoms with E-state index in [1.165, 1.54) is 16.9 Å². The lowest BCUT2D eigenvalue weighted by molar-refractivity contribution is 0.310. The number of benzene rings is 1. The molecule has 1 nitrogen and oxygen atoms in total. The van der Waals surface area contributed by atoms with E-state index in [1.807, 2.05) is 18.2 Å². The van der Waals surface area contributed by atoms with Crippen LogP contribution in [0.1, 0.15) is 23.8 Å². The first-order chi connectivity index (χ1) is 8.28. The molecule has 0 N–H and O–H groups in total. The van der Waals surface area contributed by atoms with Gasteiger partial charge >= 0.3 is 0 Å². The van der Waals surface area contributed by atoms with Gasteiger partial charge in [0.05, 0.1) is 3.79 Å². The molecule has 2 aromatic rings. The number of hydrogen-bond acceptors (Lipinski definition) is 2. The number of thiophene rings is 1. The Morgan fingerprint density at radius 3 is 2.47 bits per heavy atom. The van der Waals surface area contributed by atoms with Crippen molar-refractivity contribution in [1.82, 2.24) is 0 Å². The molecule has 0 unspecified atom stereocenters. The topological polar surface area (TPSA) is 9.23 Å². The van der Waals surface area contributed by atoms with E-state index < -0.39 is 0 Å². The standard InChI is InChI=1S/C14H15BrOS/c1-2-3-11-4-6-12(7-5-11)16-10-13-8-9-14(15)17-13/h4-9H,2-3,10H2,1H3. The molecule has 3 heteroatoms. The maximum absolute atomic E-state index is 5.73. The Balaban J connectivity index is 1.90. The van der Waals surface area contributed by atoms with E-state index in [0.29, 0.717) is 6.61 Å². The molecule has 0 saturated heterocycles. The average Bonchev–Trinajstić information content (AvgIpc) is 2.75. The van der Waals surface area contributed by atoms with Gasteiger partial charge < -0.3 is 4.74 Å². The normalized spacial score (nSPS) is 10.5. The highest BCUT2D eigenvalue weighted by molar-refractivity contribution is 9.11. The summed E-state index contributed by atoms with van der Waals surface area (Å²) in [5.41, 5.74) is 1.37. The molecular formula is C14H15BrOS. The molecule has 1 aromatic carbocycles. The quantitative estimate of drug-likeness (QED) is 0.751. The fraction of sp³-hybridized carbons (Fsp3) is 0.286. The van der Waals surface area contributed by atoms with Crippen molar-refractivity contribution in [3.05, 3.63) is 50.6 Å². The van der Waals surface area contributed by atoms with Gasteiger partial charge in [0.1, 0.15) is 12.4 Å². The summed E-state index contributed by atoms with van der Waals surface area (Å²) in [6.07, 6.45) is 2.32. The zero-order valence-corrected chi connectivity index (χ0v) is 12.2. The van der Waals surface area contributed by atoms with Crippen molar-refractivity contribution in [2.75, 3.05) is 0 Å². The lowest BCUT2D eigenvalue weighted by Gasteiger charge is -2.05. The molecule has 0 amide bonds.